The molecule has 1 aromatic heterocycles. The van der Waals surface area contributed by atoms with Gasteiger partial charge in [0.15, 0.2) is 0 Å². The lowest BCUT2D eigenvalue weighted by atomic mass is 9.85. The summed E-state index contributed by atoms with van der Waals surface area (Å²) < 4.78 is 0. The quantitative estimate of drug-likeness (QED) is 0.836. The summed E-state index contributed by atoms with van der Waals surface area (Å²) in [5, 5.41) is 3.40. The van der Waals surface area contributed by atoms with E-state index >= 15 is 0 Å². The average Bonchev–Trinajstić information content (AvgIpc) is 2.74. The molecule has 1 atom stereocenters. The number of hydrogen-bond donors (Lipinski definition) is 1. The average molecular weight is 244 g/mol. The van der Waals surface area contributed by atoms with Crippen molar-refractivity contribution in [3.05, 3.63) is 16.1 Å². The summed E-state index contributed by atoms with van der Waals surface area (Å²) in [6.07, 6.45) is 1.05. The SMILES string of the molecule is CCSCc1nc(C(C)(CC)CN)cs1. The molecule has 1 rings (SSSR count). The van der Waals surface area contributed by atoms with Crippen molar-refractivity contribution in [1.29, 1.82) is 0 Å². The molecule has 1 aromatic rings. The highest BCUT2D eigenvalue weighted by Crippen LogP contribution is 2.28. The minimum absolute atomic E-state index is 0.0611. The van der Waals surface area contributed by atoms with E-state index in [0.29, 0.717) is 6.54 Å². The van der Waals surface area contributed by atoms with Gasteiger partial charge in [-0.15, -0.1) is 11.3 Å². The molecule has 2 N–H and O–H groups in total. The minimum atomic E-state index is 0.0611. The first-order valence-corrected chi connectivity index (χ1v) is 7.42. The summed E-state index contributed by atoms with van der Waals surface area (Å²) in [4.78, 5) is 4.68. The number of nitrogens with zero attached hydrogens (tertiary/aromatic N) is 1. The Balaban J connectivity index is 2.74. The van der Waals surface area contributed by atoms with Gasteiger partial charge in [-0.3, -0.25) is 0 Å². The molecule has 0 radical (unpaired) electrons. The van der Waals surface area contributed by atoms with Crippen LogP contribution < -0.4 is 5.73 Å². The third-order valence-electron chi connectivity index (χ3n) is 2.83. The van der Waals surface area contributed by atoms with Crippen LogP contribution in [0, 0.1) is 0 Å². The van der Waals surface area contributed by atoms with Crippen molar-refractivity contribution in [3.8, 4) is 0 Å². The first-order chi connectivity index (χ1) is 7.16. The fourth-order valence-corrected chi connectivity index (χ4v) is 2.98. The first-order valence-electron chi connectivity index (χ1n) is 5.39. The van der Waals surface area contributed by atoms with Gasteiger partial charge in [0.2, 0.25) is 0 Å². The van der Waals surface area contributed by atoms with Crippen molar-refractivity contribution in [3.63, 3.8) is 0 Å². The van der Waals surface area contributed by atoms with E-state index in [2.05, 4.69) is 31.1 Å². The molecule has 86 valence electrons. The zero-order valence-electron chi connectivity index (χ0n) is 9.75. The Hall–Kier alpha value is -0.0600. The van der Waals surface area contributed by atoms with Crippen molar-refractivity contribution in [1.82, 2.24) is 4.98 Å². The van der Waals surface area contributed by atoms with Crippen molar-refractivity contribution >= 4 is 23.1 Å². The van der Waals surface area contributed by atoms with E-state index < -0.39 is 0 Å². The van der Waals surface area contributed by atoms with Crippen molar-refractivity contribution in [2.45, 2.75) is 38.4 Å². The lowest BCUT2D eigenvalue weighted by Crippen LogP contribution is -2.31. The summed E-state index contributed by atoms with van der Waals surface area (Å²) in [7, 11) is 0. The van der Waals surface area contributed by atoms with E-state index in [1.807, 2.05) is 11.8 Å². The number of nitrogens with two attached hydrogens (primary N) is 1. The van der Waals surface area contributed by atoms with Crippen LogP contribution in [0.15, 0.2) is 5.38 Å². The van der Waals surface area contributed by atoms with Crippen molar-refractivity contribution in [2.24, 2.45) is 5.73 Å². The van der Waals surface area contributed by atoms with Gasteiger partial charge >= 0.3 is 0 Å². The summed E-state index contributed by atoms with van der Waals surface area (Å²) in [6.45, 7) is 7.22. The number of hydrogen-bond acceptors (Lipinski definition) is 4. The van der Waals surface area contributed by atoms with E-state index in [9.17, 15) is 0 Å². The lowest BCUT2D eigenvalue weighted by molar-refractivity contribution is 0.455. The van der Waals surface area contributed by atoms with Crippen LogP contribution in [0.25, 0.3) is 0 Å². The number of rotatable bonds is 6. The molecule has 4 heteroatoms. The second kappa shape index (κ2) is 5.87. The van der Waals surface area contributed by atoms with E-state index in [4.69, 9.17) is 5.73 Å². The third kappa shape index (κ3) is 3.20. The topological polar surface area (TPSA) is 38.9 Å². The van der Waals surface area contributed by atoms with Crippen LogP contribution in [-0.4, -0.2) is 17.3 Å². The van der Waals surface area contributed by atoms with Gasteiger partial charge in [-0.2, -0.15) is 11.8 Å². The van der Waals surface area contributed by atoms with Gasteiger partial charge in [-0.1, -0.05) is 20.8 Å². The van der Waals surface area contributed by atoms with E-state index in [1.165, 1.54) is 10.7 Å². The minimum Gasteiger partial charge on any atom is -0.330 e. The Labute approximate surface area is 101 Å². The molecular formula is C11H20N2S2. The third-order valence-corrected chi connectivity index (χ3v) is 4.75. The van der Waals surface area contributed by atoms with Crippen LogP contribution in [0.5, 0.6) is 0 Å². The largest absolute Gasteiger partial charge is 0.330 e. The lowest BCUT2D eigenvalue weighted by Gasteiger charge is -2.23. The van der Waals surface area contributed by atoms with Crippen LogP contribution in [0.2, 0.25) is 0 Å². The van der Waals surface area contributed by atoms with Gasteiger partial charge in [0, 0.05) is 23.1 Å². The molecular weight excluding hydrogens is 224 g/mol. The van der Waals surface area contributed by atoms with Gasteiger partial charge in [-0.05, 0) is 12.2 Å². The summed E-state index contributed by atoms with van der Waals surface area (Å²) in [5.74, 6) is 2.18. The molecule has 2 nitrogen and oxygen atoms in total. The maximum atomic E-state index is 5.82. The van der Waals surface area contributed by atoms with Gasteiger partial charge < -0.3 is 5.73 Å². The Morgan fingerprint density at radius 3 is 2.80 bits per heavy atom. The Bertz CT molecular complexity index is 293. The van der Waals surface area contributed by atoms with Crippen molar-refractivity contribution < 1.29 is 0 Å². The number of thioether (sulfide) groups is 1. The van der Waals surface area contributed by atoms with E-state index in [-0.39, 0.29) is 5.41 Å². The Kier molecular flexibility index (Phi) is 5.09. The molecule has 0 aliphatic heterocycles. The molecule has 0 saturated carbocycles. The van der Waals surface area contributed by atoms with Crippen LogP contribution in [-0.2, 0) is 11.2 Å². The van der Waals surface area contributed by atoms with Crippen LogP contribution in [0.4, 0.5) is 0 Å². The Morgan fingerprint density at radius 1 is 1.53 bits per heavy atom. The summed E-state index contributed by atoms with van der Waals surface area (Å²) >= 11 is 3.68. The predicted octanol–water partition coefficient (Wildman–Crippen LogP) is 3.02. The molecule has 0 fully saturated rings. The zero-order chi connectivity index (χ0) is 11.3. The maximum absolute atomic E-state index is 5.82. The summed E-state index contributed by atoms with van der Waals surface area (Å²) in [6, 6.07) is 0. The highest BCUT2D eigenvalue weighted by atomic mass is 32.2. The van der Waals surface area contributed by atoms with Gasteiger partial charge in [0.1, 0.15) is 5.01 Å². The predicted molar refractivity (Wildman–Crippen MR) is 70.6 cm³/mol. The highest BCUT2D eigenvalue weighted by molar-refractivity contribution is 7.98. The highest BCUT2D eigenvalue weighted by Gasteiger charge is 2.25. The smallest absolute Gasteiger partial charge is 0.103 e. The molecule has 1 heterocycles. The van der Waals surface area contributed by atoms with Crippen molar-refractivity contribution in [2.75, 3.05) is 12.3 Å². The van der Waals surface area contributed by atoms with Crippen LogP contribution in [0.3, 0.4) is 0 Å². The van der Waals surface area contributed by atoms with Gasteiger partial charge in [0.25, 0.3) is 0 Å². The fraction of sp³-hybridized carbons (Fsp3) is 0.727. The normalized spacial score (nSPS) is 15.2. The molecule has 1 unspecified atom stereocenters. The number of thiazole rings is 1. The standard InChI is InChI=1S/C11H20N2S2/c1-4-11(3,8-12)9-6-15-10(13-9)7-14-5-2/h6H,4-5,7-8,12H2,1-3H3. The molecule has 0 spiro atoms. The van der Waals surface area contributed by atoms with Crippen LogP contribution in [0.1, 0.15) is 37.9 Å². The van der Waals surface area contributed by atoms with E-state index in [1.54, 1.807) is 11.3 Å². The van der Waals surface area contributed by atoms with Crippen LogP contribution >= 0.6 is 23.1 Å². The second-order valence-corrected chi connectivity index (χ2v) is 6.10. The Morgan fingerprint density at radius 2 is 2.27 bits per heavy atom. The molecule has 0 bridgehead atoms. The van der Waals surface area contributed by atoms with Gasteiger partial charge in [-0.25, -0.2) is 4.98 Å². The number of aromatic nitrogens is 1. The molecule has 0 saturated heterocycles. The molecule has 0 aliphatic rings. The maximum Gasteiger partial charge on any atom is 0.103 e. The molecule has 0 amide bonds. The van der Waals surface area contributed by atoms with E-state index in [0.717, 1.165) is 17.9 Å². The molecule has 0 aromatic carbocycles. The zero-order valence-corrected chi connectivity index (χ0v) is 11.4. The first kappa shape index (κ1) is 13.0. The molecule has 15 heavy (non-hydrogen) atoms. The van der Waals surface area contributed by atoms with Gasteiger partial charge in [0.05, 0.1) is 5.69 Å². The summed E-state index contributed by atoms with van der Waals surface area (Å²) in [5.41, 5.74) is 7.05. The molecule has 0 aliphatic carbocycles. The fourth-order valence-electron chi connectivity index (χ4n) is 1.27. The second-order valence-electron chi connectivity index (χ2n) is 3.88. The monoisotopic (exact) mass is 244 g/mol.